The summed E-state index contributed by atoms with van der Waals surface area (Å²) in [5, 5.41) is 2.72. The molecule has 3 rings (SSSR count). The minimum absolute atomic E-state index is 0.168. The van der Waals surface area contributed by atoms with Gasteiger partial charge in [-0.15, -0.1) is 0 Å². The van der Waals surface area contributed by atoms with E-state index in [0.29, 0.717) is 27.4 Å². The number of fused-ring (bicyclic) bond motifs is 1. The first kappa shape index (κ1) is 32.1. The lowest BCUT2D eigenvalue weighted by molar-refractivity contribution is -0.147. The molecule has 222 valence electrons. The molecule has 0 fully saturated rings. The zero-order chi connectivity index (χ0) is 30.5. The molecule has 0 saturated heterocycles. The summed E-state index contributed by atoms with van der Waals surface area (Å²) in [6, 6.07) is 11.8. The molecule has 41 heavy (non-hydrogen) atoms. The van der Waals surface area contributed by atoms with Gasteiger partial charge in [0.25, 0.3) is 0 Å². The van der Waals surface area contributed by atoms with Crippen LogP contribution in [0.1, 0.15) is 54.4 Å². The van der Waals surface area contributed by atoms with Crippen LogP contribution in [0.15, 0.2) is 47.5 Å². The average molecular weight is 604 g/mol. The molecule has 1 aliphatic rings. The number of carbonyl (C=O) groups excluding carboxylic acids is 3. The quantitative estimate of drug-likeness (QED) is 0.333. The number of hydrogen-bond acceptors (Lipinski definition) is 4. The van der Waals surface area contributed by atoms with Crippen molar-refractivity contribution < 1.29 is 40.7 Å². The van der Waals surface area contributed by atoms with Crippen LogP contribution in [0.5, 0.6) is 0 Å². The van der Waals surface area contributed by atoms with Gasteiger partial charge in [-0.25, -0.2) is 0 Å². The highest BCUT2D eigenvalue weighted by Crippen LogP contribution is 2.32. The van der Waals surface area contributed by atoms with Gasteiger partial charge in [0.1, 0.15) is 0 Å². The van der Waals surface area contributed by atoms with E-state index < -0.39 is 80.1 Å². The summed E-state index contributed by atoms with van der Waals surface area (Å²) in [5.41, 5.74) is 8.14. The van der Waals surface area contributed by atoms with E-state index in [9.17, 15) is 40.7 Å². The first-order valence-electron chi connectivity index (χ1n) is 12.7. The number of halogens is 7. The number of primary amides is 1. The van der Waals surface area contributed by atoms with Gasteiger partial charge in [-0.3, -0.25) is 19.4 Å². The van der Waals surface area contributed by atoms with E-state index >= 15 is 0 Å². The third kappa shape index (κ3) is 9.04. The largest absolute Gasteiger partial charge is 0.389 e. The van der Waals surface area contributed by atoms with Gasteiger partial charge >= 0.3 is 12.4 Å². The lowest BCUT2D eigenvalue weighted by Crippen LogP contribution is -2.47. The van der Waals surface area contributed by atoms with Crippen molar-refractivity contribution in [1.29, 1.82) is 0 Å². The highest BCUT2D eigenvalue weighted by atomic mass is 35.5. The van der Waals surface area contributed by atoms with Gasteiger partial charge in [-0.2, -0.15) is 26.3 Å². The fourth-order valence-corrected chi connectivity index (χ4v) is 5.01. The number of aryl methyl sites for hydroxylation is 1. The van der Waals surface area contributed by atoms with Crippen LogP contribution in [0.25, 0.3) is 0 Å². The number of aliphatic imine (C=N–C) groups is 1. The third-order valence-corrected chi connectivity index (χ3v) is 7.09. The predicted molar refractivity (Wildman–Crippen MR) is 140 cm³/mol. The molecule has 1 aliphatic heterocycles. The van der Waals surface area contributed by atoms with E-state index in [1.165, 1.54) is 0 Å². The average Bonchev–Trinajstić information content (AvgIpc) is 2.99. The molecule has 0 saturated carbocycles. The first-order chi connectivity index (χ1) is 19.1. The summed E-state index contributed by atoms with van der Waals surface area (Å²) < 4.78 is 77.4. The van der Waals surface area contributed by atoms with Crippen molar-refractivity contribution in [3.05, 3.63) is 69.7 Å². The molecule has 2 aromatic carbocycles. The molecule has 0 radical (unpaired) electrons. The number of Topliss-reactive ketones (excluding diaryl/α,β-unsaturated/α-hetero) is 1. The molecule has 1 heterocycles. The van der Waals surface area contributed by atoms with Crippen LogP contribution in [0, 0.1) is 18.8 Å². The molecule has 2 amide bonds. The number of carbonyl (C=O) groups is 3. The maximum Gasteiger partial charge on any atom is 0.389 e. The van der Waals surface area contributed by atoms with Gasteiger partial charge in [0.2, 0.25) is 11.8 Å². The van der Waals surface area contributed by atoms with Gasteiger partial charge in [0.05, 0.1) is 5.71 Å². The van der Waals surface area contributed by atoms with Gasteiger partial charge in [-0.05, 0) is 49.4 Å². The van der Waals surface area contributed by atoms with E-state index in [2.05, 4.69) is 10.3 Å². The van der Waals surface area contributed by atoms with Crippen LogP contribution in [0.4, 0.5) is 26.3 Å². The number of benzene rings is 2. The smallest absolute Gasteiger partial charge is 0.369 e. The van der Waals surface area contributed by atoms with Crippen LogP contribution < -0.4 is 11.1 Å². The summed E-state index contributed by atoms with van der Waals surface area (Å²) in [5.74, 6) is -6.30. The zero-order valence-electron chi connectivity index (χ0n) is 21.9. The summed E-state index contributed by atoms with van der Waals surface area (Å²) in [4.78, 5) is 43.3. The number of amides is 2. The number of nitrogens with zero attached hydrogens (tertiary/aromatic N) is 1. The molecule has 0 bridgehead atoms. The Morgan fingerprint density at radius 1 is 1.02 bits per heavy atom. The Hall–Kier alpha value is -3.41. The van der Waals surface area contributed by atoms with Crippen molar-refractivity contribution in [1.82, 2.24) is 5.32 Å². The minimum atomic E-state index is -4.72. The summed E-state index contributed by atoms with van der Waals surface area (Å²) in [6.45, 7) is 1.78. The third-order valence-electron chi connectivity index (χ3n) is 6.86. The zero-order valence-corrected chi connectivity index (χ0v) is 22.7. The Morgan fingerprint density at radius 2 is 1.68 bits per heavy atom. The fourth-order valence-electron chi connectivity index (χ4n) is 4.82. The number of hydrogen-bond donors (Lipinski definition) is 2. The highest BCUT2D eigenvalue weighted by molar-refractivity contribution is 6.31. The summed E-state index contributed by atoms with van der Waals surface area (Å²) in [6.07, 6.45) is -15.9. The molecular weight excluding hydrogens is 576 g/mol. The molecule has 6 nitrogen and oxygen atoms in total. The predicted octanol–water partition coefficient (Wildman–Crippen LogP) is 5.85. The minimum Gasteiger partial charge on any atom is -0.369 e. The SMILES string of the molecule is Cc1cccc2c1CC(=O)[C@@H](NC(=O)[C@H](CCC(F)(F)F)[C@H](CCCC(F)(F)F)C(N)=O)N=C2c1cccc(Cl)c1. The lowest BCUT2D eigenvalue weighted by atomic mass is 9.83. The van der Waals surface area contributed by atoms with Gasteiger partial charge in [0.15, 0.2) is 11.9 Å². The Balaban J connectivity index is 1.99. The molecule has 2 aromatic rings. The van der Waals surface area contributed by atoms with Crippen LogP contribution in [-0.2, 0) is 20.8 Å². The van der Waals surface area contributed by atoms with E-state index in [-0.39, 0.29) is 6.42 Å². The number of nitrogens with two attached hydrogens (primary N) is 1. The maximum absolute atomic E-state index is 13.4. The van der Waals surface area contributed by atoms with E-state index in [4.69, 9.17) is 17.3 Å². The Morgan fingerprint density at radius 3 is 2.29 bits per heavy atom. The van der Waals surface area contributed by atoms with Crippen LogP contribution in [0.3, 0.4) is 0 Å². The molecule has 0 unspecified atom stereocenters. The summed E-state index contributed by atoms with van der Waals surface area (Å²) >= 11 is 6.16. The molecule has 0 aliphatic carbocycles. The molecule has 3 atom stereocenters. The summed E-state index contributed by atoms with van der Waals surface area (Å²) in [7, 11) is 0. The molecule has 13 heteroatoms. The molecule has 3 N–H and O–H groups in total. The Bertz CT molecular complexity index is 1330. The first-order valence-corrected chi connectivity index (χ1v) is 13.1. The van der Waals surface area contributed by atoms with E-state index in [0.717, 1.165) is 5.56 Å². The highest BCUT2D eigenvalue weighted by Gasteiger charge is 2.39. The van der Waals surface area contributed by atoms with Gasteiger partial charge < -0.3 is 11.1 Å². The second kappa shape index (κ2) is 13.1. The van der Waals surface area contributed by atoms with E-state index in [1.54, 1.807) is 49.4 Å². The van der Waals surface area contributed by atoms with Crippen molar-refractivity contribution in [3.63, 3.8) is 0 Å². The molecular formula is C28H28ClF6N3O3. The number of ketones is 1. The monoisotopic (exact) mass is 603 g/mol. The Labute approximate surface area is 237 Å². The lowest BCUT2D eigenvalue weighted by Gasteiger charge is -2.26. The Kier molecular flexibility index (Phi) is 10.2. The maximum atomic E-state index is 13.4. The van der Waals surface area contributed by atoms with Crippen molar-refractivity contribution in [3.8, 4) is 0 Å². The molecule has 0 aromatic heterocycles. The van der Waals surface area contributed by atoms with Gasteiger partial charge in [0, 0.05) is 47.2 Å². The number of nitrogens with one attached hydrogen (secondary N) is 1. The normalized spacial score (nSPS) is 17.2. The van der Waals surface area contributed by atoms with Crippen LogP contribution in [0.2, 0.25) is 5.02 Å². The van der Waals surface area contributed by atoms with Crippen molar-refractivity contribution in [2.75, 3.05) is 0 Å². The number of rotatable bonds is 10. The van der Waals surface area contributed by atoms with Gasteiger partial charge in [-0.1, -0.05) is 41.9 Å². The standard InChI is InChI=1S/C28H28ClF6N3O3/c1-15-5-2-8-18-21(15)14-22(39)25(37-23(18)16-6-3-7-17(29)13-16)38-26(41)20(10-12-28(33,34)35)19(24(36)40)9-4-11-27(30,31)32/h2-3,5-8,13,19-20,25H,4,9-12,14H2,1H3,(H2,36,40)(H,38,41)/t19-,20+,25+/m0/s1. The topological polar surface area (TPSA) is 102 Å². The molecule has 0 spiro atoms. The fraction of sp³-hybridized carbons (Fsp3) is 0.429. The van der Waals surface area contributed by atoms with Crippen LogP contribution in [-0.4, -0.2) is 41.8 Å². The van der Waals surface area contributed by atoms with Crippen molar-refractivity contribution in [2.24, 2.45) is 22.6 Å². The second-order valence-electron chi connectivity index (χ2n) is 9.92. The number of alkyl halides is 6. The van der Waals surface area contributed by atoms with E-state index in [1.807, 2.05) is 0 Å². The van der Waals surface area contributed by atoms with Crippen molar-refractivity contribution in [2.45, 2.75) is 64.0 Å². The van der Waals surface area contributed by atoms with Crippen LogP contribution >= 0.6 is 11.6 Å². The van der Waals surface area contributed by atoms with Crippen molar-refractivity contribution >= 4 is 34.9 Å². The second-order valence-corrected chi connectivity index (χ2v) is 10.4.